The number of carboxylic acid groups (broad SMARTS) is 1. The van der Waals surface area contributed by atoms with Crippen molar-refractivity contribution in [2.75, 3.05) is 19.8 Å². The molecule has 2 unspecified atom stereocenters. The standard InChI is InChI=1S/C22H27NO4/c1-15(16-9-11-27-12-10-16)21(24)23-14-19(22(25)26)13-18-7-4-6-17-5-2-3-8-20(17)18/h2-8,15-16,19H,9-14H2,1H3,(H,23,24)(H,25,26). The van der Waals surface area contributed by atoms with Crippen molar-refractivity contribution >= 4 is 22.6 Å². The average Bonchev–Trinajstić information content (AvgIpc) is 2.70. The summed E-state index contributed by atoms with van der Waals surface area (Å²) >= 11 is 0. The molecule has 2 aromatic carbocycles. The summed E-state index contributed by atoms with van der Waals surface area (Å²) in [5, 5.41) is 14.7. The Kier molecular flexibility index (Phi) is 6.45. The third kappa shape index (κ3) is 4.86. The topological polar surface area (TPSA) is 75.6 Å². The predicted octanol–water partition coefficient (Wildman–Crippen LogP) is 3.26. The van der Waals surface area contributed by atoms with Crippen LogP contribution in [0.3, 0.4) is 0 Å². The molecule has 0 spiro atoms. The quantitative estimate of drug-likeness (QED) is 0.785. The minimum absolute atomic E-state index is 0.0638. The molecule has 1 amide bonds. The number of rotatable bonds is 7. The monoisotopic (exact) mass is 369 g/mol. The van der Waals surface area contributed by atoms with Crippen LogP contribution in [0.4, 0.5) is 0 Å². The Morgan fingerprint density at radius 3 is 2.59 bits per heavy atom. The van der Waals surface area contributed by atoms with E-state index in [4.69, 9.17) is 4.74 Å². The van der Waals surface area contributed by atoms with Gasteiger partial charge in [-0.3, -0.25) is 9.59 Å². The van der Waals surface area contributed by atoms with Crippen LogP contribution in [0, 0.1) is 17.8 Å². The van der Waals surface area contributed by atoms with Crippen molar-refractivity contribution < 1.29 is 19.4 Å². The number of fused-ring (bicyclic) bond motifs is 1. The molecule has 2 atom stereocenters. The summed E-state index contributed by atoms with van der Waals surface area (Å²) in [5.74, 6) is -1.42. The number of carbonyl (C=O) groups is 2. The highest BCUT2D eigenvalue weighted by Gasteiger charge is 2.27. The fourth-order valence-corrected chi connectivity index (χ4v) is 3.80. The molecule has 1 fully saturated rings. The number of aliphatic carboxylic acids is 1. The second-order valence-corrected chi connectivity index (χ2v) is 7.36. The normalized spacial score (nSPS) is 17.4. The van der Waals surface area contributed by atoms with Crippen molar-refractivity contribution in [3.63, 3.8) is 0 Å². The summed E-state index contributed by atoms with van der Waals surface area (Å²) in [6, 6.07) is 13.9. The molecule has 5 nitrogen and oxygen atoms in total. The van der Waals surface area contributed by atoms with Crippen molar-refractivity contribution in [2.24, 2.45) is 17.8 Å². The van der Waals surface area contributed by atoms with Gasteiger partial charge in [0.2, 0.25) is 5.91 Å². The van der Waals surface area contributed by atoms with Gasteiger partial charge in [-0.05, 0) is 41.5 Å². The largest absolute Gasteiger partial charge is 0.481 e. The van der Waals surface area contributed by atoms with Gasteiger partial charge in [0.1, 0.15) is 0 Å². The number of hydrogen-bond donors (Lipinski definition) is 2. The number of hydrogen-bond acceptors (Lipinski definition) is 3. The third-order valence-corrected chi connectivity index (χ3v) is 5.60. The molecule has 0 bridgehead atoms. The highest BCUT2D eigenvalue weighted by Crippen LogP contribution is 2.24. The van der Waals surface area contributed by atoms with Crippen molar-refractivity contribution in [1.82, 2.24) is 5.32 Å². The van der Waals surface area contributed by atoms with E-state index in [1.807, 2.05) is 49.4 Å². The highest BCUT2D eigenvalue weighted by atomic mass is 16.5. The van der Waals surface area contributed by atoms with Crippen molar-refractivity contribution in [2.45, 2.75) is 26.2 Å². The summed E-state index contributed by atoms with van der Waals surface area (Å²) in [6.07, 6.45) is 2.16. The van der Waals surface area contributed by atoms with Crippen LogP contribution in [0.2, 0.25) is 0 Å². The van der Waals surface area contributed by atoms with E-state index >= 15 is 0 Å². The molecule has 0 aliphatic carbocycles. The zero-order valence-corrected chi connectivity index (χ0v) is 15.7. The lowest BCUT2D eigenvalue weighted by atomic mass is 9.86. The molecule has 0 aromatic heterocycles. The van der Waals surface area contributed by atoms with Crippen molar-refractivity contribution in [3.05, 3.63) is 48.0 Å². The van der Waals surface area contributed by atoms with E-state index < -0.39 is 11.9 Å². The second kappa shape index (κ2) is 9.00. The van der Waals surface area contributed by atoms with E-state index in [-0.39, 0.29) is 18.4 Å². The molecule has 144 valence electrons. The van der Waals surface area contributed by atoms with Gasteiger partial charge in [0.15, 0.2) is 0 Å². The maximum absolute atomic E-state index is 12.5. The maximum atomic E-state index is 12.5. The van der Waals surface area contributed by atoms with E-state index in [9.17, 15) is 14.7 Å². The Labute approximate surface area is 159 Å². The van der Waals surface area contributed by atoms with E-state index in [0.717, 1.165) is 29.2 Å². The van der Waals surface area contributed by atoms with E-state index in [0.29, 0.717) is 25.6 Å². The van der Waals surface area contributed by atoms with Crippen LogP contribution in [0.1, 0.15) is 25.3 Å². The fraction of sp³-hybridized carbons (Fsp3) is 0.455. The van der Waals surface area contributed by atoms with Gasteiger partial charge in [-0.15, -0.1) is 0 Å². The van der Waals surface area contributed by atoms with Crippen LogP contribution >= 0.6 is 0 Å². The van der Waals surface area contributed by atoms with Gasteiger partial charge >= 0.3 is 5.97 Å². The van der Waals surface area contributed by atoms with Gasteiger partial charge in [0.25, 0.3) is 0 Å². The first-order valence-corrected chi connectivity index (χ1v) is 9.61. The Bertz CT molecular complexity index is 793. The lowest BCUT2D eigenvalue weighted by Crippen LogP contribution is -2.40. The summed E-state index contributed by atoms with van der Waals surface area (Å²) in [6.45, 7) is 3.46. The number of benzene rings is 2. The predicted molar refractivity (Wildman–Crippen MR) is 104 cm³/mol. The Morgan fingerprint density at radius 2 is 1.85 bits per heavy atom. The fourth-order valence-electron chi connectivity index (χ4n) is 3.80. The van der Waals surface area contributed by atoms with Crippen LogP contribution < -0.4 is 5.32 Å². The molecule has 1 heterocycles. The molecule has 1 saturated heterocycles. The number of amides is 1. The van der Waals surface area contributed by atoms with E-state index in [1.54, 1.807) is 0 Å². The summed E-state index contributed by atoms with van der Waals surface area (Å²) in [5.41, 5.74) is 0.993. The van der Waals surface area contributed by atoms with Crippen molar-refractivity contribution in [1.29, 1.82) is 0 Å². The van der Waals surface area contributed by atoms with Gasteiger partial charge in [-0.1, -0.05) is 49.4 Å². The smallest absolute Gasteiger partial charge is 0.308 e. The zero-order chi connectivity index (χ0) is 19.2. The van der Waals surface area contributed by atoms with Gasteiger partial charge in [0, 0.05) is 25.7 Å². The molecular weight excluding hydrogens is 342 g/mol. The lowest BCUT2D eigenvalue weighted by Gasteiger charge is -2.27. The van der Waals surface area contributed by atoms with Gasteiger partial charge in [-0.25, -0.2) is 0 Å². The molecule has 1 aliphatic heterocycles. The van der Waals surface area contributed by atoms with Crippen LogP contribution in [0.5, 0.6) is 0 Å². The molecule has 5 heteroatoms. The first-order chi connectivity index (χ1) is 13.1. The number of carbonyl (C=O) groups excluding carboxylic acids is 1. The lowest BCUT2D eigenvalue weighted by molar-refractivity contribution is -0.141. The zero-order valence-electron chi connectivity index (χ0n) is 15.7. The van der Waals surface area contributed by atoms with Crippen LogP contribution in [0.25, 0.3) is 10.8 Å². The maximum Gasteiger partial charge on any atom is 0.308 e. The SMILES string of the molecule is CC(C(=O)NCC(Cc1cccc2ccccc12)C(=O)O)C1CCOCC1. The first kappa shape index (κ1) is 19.4. The van der Waals surface area contributed by atoms with Crippen LogP contribution in [0.15, 0.2) is 42.5 Å². The third-order valence-electron chi connectivity index (χ3n) is 5.60. The molecule has 3 rings (SSSR count). The molecule has 1 aliphatic rings. The summed E-state index contributed by atoms with van der Waals surface area (Å²) in [7, 11) is 0. The summed E-state index contributed by atoms with van der Waals surface area (Å²) in [4.78, 5) is 24.2. The molecule has 0 saturated carbocycles. The Hall–Kier alpha value is -2.40. The van der Waals surface area contributed by atoms with Crippen LogP contribution in [-0.2, 0) is 20.7 Å². The van der Waals surface area contributed by atoms with Gasteiger partial charge in [-0.2, -0.15) is 0 Å². The molecular formula is C22H27NO4. The minimum atomic E-state index is -0.887. The number of nitrogens with one attached hydrogen (secondary N) is 1. The van der Waals surface area contributed by atoms with Crippen LogP contribution in [-0.4, -0.2) is 36.7 Å². The highest BCUT2D eigenvalue weighted by molar-refractivity contribution is 5.86. The van der Waals surface area contributed by atoms with Crippen molar-refractivity contribution in [3.8, 4) is 0 Å². The number of carboxylic acids is 1. The second-order valence-electron chi connectivity index (χ2n) is 7.36. The Balaban J connectivity index is 1.64. The molecule has 2 aromatic rings. The minimum Gasteiger partial charge on any atom is -0.481 e. The average molecular weight is 369 g/mol. The van der Waals surface area contributed by atoms with Gasteiger partial charge < -0.3 is 15.2 Å². The summed E-state index contributed by atoms with van der Waals surface area (Å²) < 4.78 is 5.35. The first-order valence-electron chi connectivity index (χ1n) is 9.61. The molecule has 0 radical (unpaired) electrons. The number of ether oxygens (including phenoxy) is 1. The molecule has 27 heavy (non-hydrogen) atoms. The van der Waals surface area contributed by atoms with E-state index in [1.165, 1.54) is 0 Å². The Morgan fingerprint density at radius 1 is 1.15 bits per heavy atom. The van der Waals surface area contributed by atoms with E-state index in [2.05, 4.69) is 5.32 Å². The van der Waals surface area contributed by atoms with Gasteiger partial charge in [0.05, 0.1) is 5.92 Å². The molecule has 2 N–H and O–H groups in total.